The average Bonchev–Trinajstić information content (AvgIpc) is 0.779. The number of hydrogen-bond donors (Lipinski definition) is 1. The Bertz CT molecular complexity index is 4450. The molecule has 8 aromatic carbocycles. The zero-order chi connectivity index (χ0) is 67.4. The maximum absolute atomic E-state index is 12.7. The molecule has 0 radical (unpaired) electrons. The Kier molecular flexibility index (Phi) is 8.18. The van der Waals surface area contributed by atoms with Crippen LogP contribution in [0.15, 0.2) is 188 Å². The molecule has 0 saturated heterocycles. The smallest absolute Gasteiger partial charge is 0.149 e. The van der Waals surface area contributed by atoms with Crippen LogP contribution in [0.25, 0.3) is 95.0 Å². The Morgan fingerprint density at radius 2 is 1.21 bits per heavy atom. The molecule has 10 rings (SSSR count). The molecule has 0 bridgehead atoms. The number of imidazole rings is 1. The van der Waals surface area contributed by atoms with E-state index < -0.39 is 91.9 Å². The summed E-state index contributed by atoms with van der Waals surface area (Å²) in [6, 6.07) is 38.3. The van der Waals surface area contributed by atoms with E-state index in [-0.39, 0.29) is 45.6 Å². The Morgan fingerprint density at radius 3 is 1.86 bits per heavy atom. The van der Waals surface area contributed by atoms with Crippen LogP contribution >= 0.6 is 0 Å². The summed E-state index contributed by atoms with van der Waals surface area (Å²) in [4.78, 5) is 9.97. The second kappa shape index (κ2) is 19.3. The Hall–Kier alpha value is -7.82. The molecule has 0 aliphatic heterocycles. The van der Waals surface area contributed by atoms with E-state index in [1.807, 2.05) is 134 Å². The molecule has 0 atom stereocenters. The van der Waals surface area contributed by atoms with Gasteiger partial charge in [-0.1, -0.05) is 196 Å². The lowest BCUT2D eigenvalue weighted by Crippen LogP contribution is -2.10. The lowest BCUT2D eigenvalue weighted by molar-refractivity contribution is 0.466. The van der Waals surface area contributed by atoms with Crippen LogP contribution in [0.1, 0.15) is 135 Å². The van der Waals surface area contributed by atoms with Crippen molar-refractivity contribution in [3.8, 4) is 89.7 Å². The Labute approximate surface area is 459 Å². The SMILES string of the molecule is [2H]c1nc(-c2cc(-c3ccccc3)cc(-c3cccc4c3nc(-c3cc(C(C)C)cc(C(C)C)c3O)n4-c3cc(C([2H])([2H])[2H])c(-c4ccccc4)cc3-c3ccc(C(C)(C)C)cc3)c2)c([2H])c(-c2c([2H])c([2H])c(C(C([2H])([2H])[2H])(C([2H])([2H])[2H])C([2H])([2H])[2H])c([2H])c2[2H])c1[2H]. The van der Waals surface area contributed by atoms with Crippen LogP contribution in [-0.2, 0) is 10.8 Å². The molecule has 0 spiro atoms. The number of hydrogen-bond acceptors (Lipinski definition) is 3. The first kappa shape index (κ1) is 30.9. The second-order valence-electron chi connectivity index (χ2n) is 20.2. The first-order chi connectivity index (χ1) is 42.8. The van der Waals surface area contributed by atoms with Crippen molar-refractivity contribution in [2.45, 2.75) is 98.5 Å². The van der Waals surface area contributed by atoms with E-state index in [2.05, 4.69) is 51.7 Å². The number of pyridine rings is 1. The number of para-hydroxylation sites is 1. The van der Waals surface area contributed by atoms with Crippen molar-refractivity contribution in [1.82, 2.24) is 14.5 Å². The predicted molar refractivity (Wildman–Crippen MR) is 309 cm³/mol. The topological polar surface area (TPSA) is 50.9 Å². The maximum Gasteiger partial charge on any atom is 0.149 e. The summed E-state index contributed by atoms with van der Waals surface area (Å²) >= 11 is 0. The summed E-state index contributed by atoms with van der Waals surface area (Å²) in [7, 11) is 0. The van der Waals surface area contributed by atoms with E-state index in [0.29, 0.717) is 66.8 Å². The van der Waals surface area contributed by atoms with Crippen LogP contribution in [0, 0.1) is 6.85 Å². The van der Waals surface area contributed by atoms with Gasteiger partial charge in [-0.3, -0.25) is 9.55 Å². The molecule has 0 aliphatic carbocycles. The number of rotatable bonds is 10. The van der Waals surface area contributed by atoms with Gasteiger partial charge in [0.2, 0.25) is 0 Å². The molecule has 0 unspecified atom stereocenters. The fraction of sp³-hybridized carbons (Fsp3) is 0.217. The molecule has 4 heteroatoms. The van der Waals surface area contributed by atoms with Gasteiger partial charge in [-0.05, 0) is 156 Å². The van der Waals surface area contributed by atoms with E-state index in [0.717, 1.165) is 16.7 Å². The predicted octanol–water partition coefficient (Wildman–Crippen LogP) is 18.9. The minimum atomic E-state index is -3.96. The third-order valence-electron chi connectivity index (χ3n) is 13.4. The normalized spacial score (nSPS) is 16.5. The van der Waals surface area contributed by atoms with Gasteiger partial charge in [0.15, 0.2) is 0 Å². The number of phenolic OH excluding ortho intramolecular Hbond substituents is 1. The van der Waals surface area contributed by atoms with E-state index in [1.165, 1.54) is 0 Å². The number of aryl methyl sites for hydroxylation is 1. The first-order valence-electron chi connectivity index (χ1n) is 33.9. The van der Waals surface area contributed by atoms with E-state index in [9.17, 15) is 9.22 Å². The van der Waals surface area contributed by atoms with E-state index >= 15 is 0 Å². The van der Waals surface area contributed by atoms with Gasteiger partial charge >= 0.3 is 0 Å². The van der Waals surface area contributed by atoms with Gasteiger partial charge in [0.1, 0.15) is 11.6 Å². The molecule has 0 aliphatic rings. The van der Waals surface area contributed by atoms with E-state index in [4.69, 9.17) is 26.9 Å². The van der Waals surface area contributed by atoms with Crippen LogP contribution in [0.5, 0.6) is 5.75 Å². The van der Waals surface area contributed by atoms with Gasteiger partial charge in [0, 0.05) is 39.3 Å². The van der Waals surface area contributed by atoms with Crippen LogP contribution in [0.4, 0.5) is 0 Å². The highest BCUT2D eigenvalue weighted by Gasteiger charge is 2.26. The Morgan fingerprint density at radius 1 is 0.534 bits per heavy atom. The fourth-order valence-corrected chi connectivity index (χ4v) is 9.31. The summed E-state index contributed by atoms with van der Waals surface area (Å²) in [6.07, 6.45) is -0.784. The van der Waals surface area contributed by atoms with Gasteiger partial charge in [-0.15, -0.1) is 0 Å². The number of fused-ring (bicyclic) bond motifs is 1. The summed E-state index contributed by atoms with van der Waals surface area (Å²) < 4.78 is 169. The van der Waals surface area contributed by atoms with Crippen molar-refractivity contribution >= 4 is 11.0 Å². The highest BCUT2D eigenvalue weighted by Crippen LogP contribution is 2.46. The number of phenols is 1. The minimum Gasteiger partial charge on any atom is -0.507 e. The zero-order valence-corrected chi connectivity index (χ0v) is 41.8. The third kappa shape index (κ3) is 9.67. The van der Waals surface area contributed by atoms with Gasteiger partial charge in [-0.2, -0.15) is 0 Å². The fourth-order valence-electron chi connectivity index (χ4n) is 9.31. The second-order valence-corrected chi connectivity index (χ2v) is 20.2. The molecule has 364 valence electrons. The van der Waals surface area contributed by atoms with Gasteiger partial charge in [0.05, 0.1) is 37.6 Å². The lowest BCUT2D eigenvalue weighted by atomic mass is 9.85. The molecule has 0 saturated carbocycles. The molecule has 2 heterocycles. The lowest BCUT2D eigenvalue weighted by Gasteiger charge is -2.22. The summed E-state index contributed by atoms with van der Waals surface area (Å²) in [5, 5.41) is 12.7. The molecule has 4 nitrogen and oxygen atoms in total. The van der Waals surface area contributed by atoms with Gasteiger partial charge < -0.3 is 5.11 Å². The molecule has 73 heavy (non-hydrogen) atoms. The number of aromatic hydroxyl groups is 1. The molecule has 10 aromatic rings. The Balaban J connectivity index is 1.31. The molecular weight excluding hydrogens is 887 g/mol. The monoisotopic (exact) mass is 973 g/mol. The van der Waals surface area contributed by atoms with Crippen molar-refractivity contribution in [3.63, 3.8) is 0 Å². The van der Waals surface area contributed by atoms with Crippen molar-refractivity contribution in [1.29, 1.82) is 0 Å². The van der Waals surface area contributed by atoms with Crippen LogP contribution in [0.3, 0.4) is 0 Å². The number of nitrogens with zero attached hydrogens (tertiary/aromatic N) is 3. The van der Waals surface area contributed by atoms with Crippen molar-refractivity contribution in [2.75, 3.05) is 0 Å². The minimum absolute atomic E-state index is 0.0143. The molecule has 0 amide bonds. The first-order valence-corrected chi connectivity index (χ1v) is 24.4. The molecular formula is C69H67N3O. The quantitative estimate of drug-likeness (QED) is 0.149. The summed E-state index contributed by atoms with van der Waals surface area (Å²) in [5.74, 6) is 0.0785. The molecule has 0 fully saturated rings. The maximum atomic E-state index is 12.7. The standard InChI is InChI=1S/C69H67N3O/c1-43(2)51-39-58(44(3)4)66(73)61(40-51)67-71-65-57(53-36-52(46-19-14-12-15-20-46)37-54(38-53)62-41-50(33-34-70-62)47-25-29-55(30-26-47)68(6,7)8)23-18-24-63(65)72(67)64-35-45(5)59(48-21-16-13-17-22-48)42-60(64)49-27-31-56(32-28-49)69(9,10)11/h12-44,73H,1-11H3/i5D3,6D3,7D3,8D3,25D,26D,29D,30D,33D,34D,41D. The summed E-state index contributed by atoms with van der Waals surface area (Å²) in [6.45, 7) is -0.105. The molecule has 1 N–H and O–H groups in total. The van der Waals surface area contributed by atoms with Crippen molar-refractivity contribution in [3.05, 3.63) is 216 Å². The zero-order valence-electron chi connectivity index (χ0n) is 60.8. The number of aromatic nitrogens is 3. The van der Waals surface area contributed by atoms with Gasteiger partial charge in [0.25, 0.3) is 0 Å². The average molecular weight is 973 g/mol. The van der Waals surface area contributed by atoms with Crippen molar-refractivity contribution in [2.24, 2.45) is 0 Å². The van der Waals surface area contributed by atoms with Crippen LogP contribution < -0.4 is 0 Å². The number of benzene rings is 8. The molecule has 2 aromatic heterocycles. The largest absolute Gasteiger partial charge is 0.507 e. The highest BCUT2D eigenvalue weighted by molar-refractivity contribution is 5.99. The van der Waals surface area contributed by atoms with E-state index in [1.54, 1.807) is 18.2 Å². The summed E-state index contributed by atoms with van der Waals surface area (Å²) in [5.41, 5.74) is 1.95. The van der Waals surface area contributed by atoms with Crippen molar-refractivity contribution < 1.29 is 31.2 Å². The van der Waals surface area contributed by atoms with Gasteiger partial charge in [-0.25, -0.2) is 4.98 Å². The van der Waals surface area contributed by atoms with Crippen LogP contribution in [0.2, 0.25) is 0 Å². The highest BCUT2D eigenvalue weighted by atomic mass is 16.3. The van der Waals surface area contributed by atoms with Crippen LogP contribution in [-0.4, -0.2) is 19.6 Å². The third-order valence-corrected chi connectivity index (χ3v) is 13.4.